The van der Waals surface area contributed by atoms with Crippen molar-refractivity contribution in [3.63, 3.8) is 0 Å². The Labute approximate surface area is 228 Å². The Balaban J connectivity index is 2.07. The van der Waals surface area contributed by atoms with Gasteiger partial charge in [-0.2, -0.15) is 0 Å². The molecule has 1 aliphatic heterocycles. The molecule has 216 valence electrons. The van der Waals surface area contributed by atoms with Crippen molar-refractivity contribution in [1.29, 1.82) is 0 Å². The van der Waals surface area contributed by atoms with Crippen LogP contribution in [-0.4, -0.2) is 50.2 Å². The SMILES string of the molecule is CCCCCCCCCCCCCC(CCCCCCCCCCCCC)NCCN1CCNCC1. The lowest BCUT2D eigenvalue weighted by Crippen LogP contribution is -2.46. The molecule has 0 saturated carbocycles. The van der Waals surface area contributed by atoms with E-state index in [1.807, 2.05) is 0 Å². The van der Waals surface area contributed by atoms with Crippen LogP contribution in [0.5, 0.6) is 0 Å². The summed E-state index contributed by atoms with van der Waals surface area (Å²) in [6.07, 6.45) is 34.7. The number of nitrogens with zero attached hydrogens (tertiary/aromatic N) is 1. The number of unbranched alkanes of at least 4 members (excludes halogenated alkanes) is 20. The highest BCUT2D eigenvalue weighted by Crippen LogP contribution is 2.16. The summed E-state index contributed by atoms with van der Waals surface area (Å²) >= 11 is 0. The molecule has 0 radical (unpaired) electrons. The maximum Gasteiger partial charge on any atom is 0.0108 e. The van der Waals surface area contributed by atoms with Gasteiger partial charge in [0.05, 0.1) is 0 Å². The first kappa shape index (κ1) is 33.9. The second kappa shape index (κ2) is 27.9. The molecule has 2 N–H and O–H groups in total. The quantitative estimate of drug-likeness (QED) is 0.103. The van der Waals surface area contributed by atoms with Crippen molar-refractivity contribution in [3.8, 4) is 0 Å². The van der Waals surface area contributed by atoms with Gasteiger partial charge >= 0.3 is 0 Å². The van der Waals surface area contributed by atoms with Crippen LogP contribution in [0.3, 0.4) is 0 Å². The van der Waals surface area contributed by atoms with E-state index < -0.39 is 0 Å². The zero-order valence-corrected chi connectivity index (χ0v) is 25.2. The van der Waals surface area contributed by atoms with E-state index in [-0.39, 0.29) is 0 Å². The van der Waals surface area contributed by atoms with E-state index in [0.717, 1.165) is 6.04 Å². The van der Waals surface area contributed by atoms with Gasteiger partial charge in [-0.1, -0.05) is 155 Å². The molecule has 1 saturated heterocycles. The predicted octanol–water partition coefficient (Wildman–Crippen LogP) is 9.25. The van der Waals surface area contributed by atoms with E-state index in [4.69, 9.17) is 0 Å². The van der Waals surface area contributed by atoms with Gasteiger partial charge in [-0.05, 0) is 12.8 Å². The van der Waals surface area contributed by atoms with E-state index in [2.05, 4.69) is 29.4 Å². The average Bonchev–Trinajstić information content (AvgIpc) is 2.90. The Hall–Kier alpha value is -0.120. The molecule has 0 aromatic carbocycles. The van der Waals surface area contributed by atoms with Gasteiger partial charge in [-0.15, -0.1) is 0 Å². The highest BCUT2D eigenvalue weighted by atomic mass is 15.2. The molecular formula is C33H69N3. The van der Waals surface area contributed by atoms with Crippen molar-refractivity contribution >= 4 is 0 Å². The predicted molar refractivity (Wildman–Crippen MR) is 163 cm³/mol. The van der Waals surface area contributed by atoms with Crippen molar-refractivity contribution in [2.45, 2.75) is 174 Å². The highest BCUT2D eigenvalue weighted by molar-refractivity contribution is 4.72. The number of hydrogen-bond acceptors (Lipinski definition) is 3. The van der Waals surface area contributed by atoms with Crippen LogP contribution in [0.2, 0.25) is 0 Å². The molecule has 0 atom stereocenters. The van der Waals surface area contributed by atoms with Crippen molar-refractivity contribution in [3.05, 3.63) is 0 Å². The maximum absolute atomic E-state index is 3.98. The lowest BCUT2D eigenvalue weighted by molar-refractivity contribution is 0.235. The molecule has 3 nitrogen and oxygen atoms in total. The maximum atomic E-state index is 3.98. The first-order valence-corrected chi connectivity index (χ1v) is 17.0. The summed E-state index contributed by atoms with van der Waals surface area (Å²) in [6.45, 7) is 11.8. The van der Waals surface area contributed by atoms with Crippen molar-refractivity contribution in [2.75, 3.05) is 39.3 Å². The van der Waals surface area contributed by atoms with Gasteiger partial charge in [-0.3, -0.25) is 4.90 Å². The molecular weight excluding hydrogens is 438 g/mol. The molecule has 1 aliphatic rings. The fourth-order valence-corrected chi connectivity index (χ4v) is 5.82. The zero-order chi connectivity index (χ0) is 25.8. The summed E-state index contributed by atoms with van der Waals surface area (Å²) in [6, 6.07) is 0.755. The second-order valence-electron chi connectivity index (χ2n) is 11.9. The smallest absolute Gasteiger partial charge is 0.0108 e. The fraction of sp³-hybridized carbons (Fsp3) is 1.00. The average molecular weight is 508 g/mol. The third kappa shape index (κ3) is 23.0. The number of hydrogen-bond donors (Lipinski definition) is 2. The lowest BCUT2D eigenvalue weighted by Gasteiger charge is -2.28. The number of piperazine rings is 1. The van der Waals surface area contributed by atoms with E-state index in [0.29, 0.717) is 0 Å². The highest BCUT2D eigenvalue weighted by Gasteiger charge is 2.11. The molecule has 0 aromatic rings. The standard InChI is InChI=1S/C33H69N3/c1-3-5-7-9-11-13-15-17-19-21-23-25-33(35-29-32-36-30-27-34-28-31-36)26-24-22-20-18-16-14-12-10-8-6-4-2/h33-35H,3-32H2,1-2H3. The third-order valence-electron chi connectivity index (χ3n) is 8.38. The minimum atomic E-state index is 0.755. The van der Waals surface area contributed by atoms with Crippen molar-refractivity contribution in [1.82, 2.24) is 15.5 Å². The Morgan fingerprint density at radius 2 is 0.889 bits per heavy atom. The Morgan fingerprint density at radius 1 is 0.528 bits per heavy atom. The van der Waals surface area contributed by atoms with Gasteiger partial charge in [-0.25, -0.2) is 0 Å². The lowest BCUT2D eigenvalue weighted by atomic mass is 9.99. The summed E-state index contributed by atoms with van der Waals surface area (Å²) in [7, 11) is 0. The van der Waals surface area contributed by atoms with E-state index in [9.17, 15) is 0 Å². The minimum Gasteiger partial charge on any atom is -0.314 e. The van der Waals surface area contributed by atoms with Crippen LogP contribution in [0.4, 0.5) is 0 Å². The van der Waals surface area contributed by atoms with E-state index in [1.54, 1.807) is 0 Å². The van der Waals surface area contributed by atoms with Crippen LogP contribution in [0, 0.1) is 0 Å². The van der Waals surface area contributed by atoms with Gasteiger partial charge in [0.2, 0.25) is 0 Å². The van der Waals surface area contributed by atoms with Gasteiger partial charge in [0.15, 0.2) is 0 Å². The molecule has 0 aliphatic carbocycles. The molecule has 0 bridgehead atoms. The molecule has 0 unspecified atom stereocenters. The van der Waals surface area contributed by atoms with Crippen LogP contribution < -0.4 is 10.6 Å². The van der Waals surface area contributed by atoms with E-state index in [1.165, 1.54) is 193 Å². The van der Waals surface area contributed by atoms with Crippen molar-refractivity contribution < 1.29 is 0 Å². The van der Waals surface area contributed by atoms with Crippen LogP contribution >= 0.6 is 0 Å². The Bertz CT molecular complexity index is 382. The summed E-state index contributed by atoms with van der Waals surface area (Å²) in [5, 5.41) is 7.46. The molecule has 0 amide bonds. The summed E-state index contributed by atoms with van der Waals surface area (Å²) < 4.78 is 0. The largest absolute Gasteiger partial charge is 0.314 e. The minimum absolute atomic E-state index is 0.755. The van der Waals surface area contributed by atoms with E-state index >= 15 is 0 Å². The molecule has 3 heteroatoms. The van der Waals surface area contributed by atoms with Gasteiger partial charge < -0.3 is 10.6 Å². The molecule has 36 heavy (non-hydrogen) atoms. The Kier molecular flexibility index (Phi) is 26.3. The normalized spacial score (nSPS) is 14.8. The summed E-state index contributed by atoms with van der Waals surface area (Å²) in [4.78, 5) is 2.63. The fourth-order valence-electron chi connectivity index (χ4n) is 5.82. The number of nitrogens with one attached hydrogen (secondary N) is 2. The molecule has 0 spiro atoms. The monoisotopic (exact) mass is 508 g/mol. The van der Waals surface area contributed by atoms with Crippen LogP contribution in [-0.2, 0) is 0 Å². The zero-order valence-electron chi connectivity index (χ0n) is 25.2. The van der Waals surface area contributed by atoms with Gasteiger partial charge in [0.25, 0.3) is 0 Å². The Morgan fingerprint density at radius 3 is 1.28 bits per heavy atom. The first-order valence-electron chi connectivity index (χ1n) is 17.0. The number of rotatable bonds is 28. The van der Waals surface area contributed by atoms with Crippen LogP contribution in [0.25, 0.3) is 0 Å². The summed E-state index contributed by atoms with van der Waals surface area (Å²) in [5.74, 6) is 0. The second-order valence-corrected chi connectivity index (χ2v) is 11.9. The summed E-state index contributed by atoms with van der Waals surface area (Å²) in [5.41, 5.74) is 0. The van der Waals surface area contributed by atoms with Crippen LogP contribution in [0.1, 0.15) is 168 Å². The topological polar surface area (TPSA) is 27.3 Å². The van der Waals surface area contributed by atoms with Crippen LogP contribution in [0.15, 0.2) is 0 Å². The van der Waals surface area contributed by atoms with Crippen molar-refractivity contribution in [2.24, 2.45) is 0 Å². The molecule has 1 rings (SSSR count). The van der Waals surface area contributed by atoms with Gasteiger partial charge in [0.1, 0.15) is 0 Å². The molecule has 1 heterocycles. The third-order valence-corrected chi connectivity index (χ3v) is 8.38. The molecule has 0 aromatic heterocycles. The first-order chi connectivity index (χ1) is 17.9. The van der Waals surface area contributed by atoms with Gasteiger partial charge in [0, 0.05) is 45.3 Å². The molecule has 1 fully saturated rings.